The summed E-state index contributed by atoms with van der Waals surface area (Å²) in [6, 6.07) is 18.9. The van der Waals surface area contributed by atoms with E-state index in [0.29, 0.717) is 28.6 Å². The number of likely N-dealkylation sites (N-methyl/N-ethyl adjacent to an activating group) is 1. The number of hydrogen-bond donors (Lipinski definition) is 1. The van der Waals surface area contributed by atoms with Gasteiger partial charge in [0, 0.05) is 23.1 Å². The first kappa shape index (κ1) is 29.5. The van der Waals surface area contributed by atoms with E-state index in [0.717, 1.165) is 9.87 Å². The summed E-state index contributed by atoms with van der Waals surface area (Å²) < 4.78 is 28.7. The first-order valence-electron chi connectivity index (χ1n) is 12.2. The number of nitrogens with zero attached hydrogens (tertiary/aromatic N) is 2. The monoisotopic (exact) mass is 575 g/mol. The summed E-state index contributed by atoms with van der Waals surface area (Å²) in [6.45, 7) is 5.32. The van der Waals surface area contributed by atoms with E-state index < -0.39 is 28.5 Å². The predicted octanol–water partition coefficient (Wildman–Crippen LogP) is 5.44. The van der Waals surface area contributed by atoms with Gasteiger partial charge in [0.05, 0.1) is 10.6 Å². The van der Waals surface area contributed by atoms with E-state index in [1.54, 1.807) is 68.4 Å². The number of aryl methyl sites for hydroxylation is 1. The van der Waals surface area contributed by atoms with Crippen LogP contribution in [0.5, 0.6) is 0 Å². The Labute approximate surface area is 234 Å². The third kappa shape index (κ3) is 7.07. The molecule has 0 saturated heterocycles. The van der Waals surface area contributed by atoms with Crippen molar-refractivity contribution < 1.29 is 18.0 Å². The number of anilines is 1. The molecule has 0 aliphatic heterocycles. The fourth-order valence-electron chi connectivity index (χ4n) is 4.08. The lowest BCUT2D eigenvalue weighted by molar-refractivity contribution is -0.140. The van der Waals surface area contributed by atoms with Gasteiger partial charge in [-0.25, -0.2) is 8.42 Å². The molecule has 0 heterocycles. The van der Waals surface area contributed by atoms with Gasteiger partial charge in [0.25, 0.3) is 10.0 Å². The zero-order valence-electron chi connectivity index (χ0n) is 21.5. The predicted molar refractivity (Wildman–Crippen MR) is 152 cm³/mol. The van der Waals surface area contributed by atoms with Crippen LogP contribution in [0.15, 0.2) is 77.7 Å². The van der Waals surface area contributed by atoms with Gasteiger partial charge < -0.3 is 10.2 Å². The van der Waals surface area contributed by atoms with Crippen molar-refractivity contribution in [1.82, 2.24) is 10.2 Å². The standard InChI is InChI=1S/C28H31Cl2N3O4S/c1-4-25(28(35)31-5-2)32(18-21-12-15-22(29)16-13-21)27(34)19-33(26-17-23(30)14-11-20(26)3)38(36,37)24-9-7-6-8-10-24/h6-17,25H,4-5,18-19H2,1-3H3,(H,31,35)/t25-/m1/s1. The largest absolute Gasteiger partial charge is 0.355 e. The zero-order valence-corrected chi connectivity index (χ0v) is 23.9. The van der Waals surface area contributed by atoms with Crippen molar-refractivity contribution in [1.29, 1.82) is 0 Å². The van der Waals surface area contributed by atoms with Crippen LogP contribution in [0.3, 0.4) is 0 Å². The molecule has 202 valence electrons. The Balaban J connectivity index is 2.08. The van der Waals surface area contributed by atoms with Crippen LogP contribution in [0, 0.1) is 6.92 Å². The number of nitrogens with one attached hydrogen (secondary N) is 1. The van der Waals surface area contributed by atoms with Crippen LogP contribution < -0.4 is 9.62 Å². The highest BCUT2D eigenvalue weighted by molar-refractivity contribution is 7.92. The first-order valence-corrected chi connectivity index (χ1v) is 14.4. The number of sulfonamides is 1. The van der Waals surface area contributed by atoms with Gasteiger partial charge in [-0.3, -0.25) is 13.9 Å². The molecule has 3 aromatic carbocycles. The number of rotatable bonds is 11. The molecule has 0 aliphatic carbocycles. The van der Waals surface area contributed by atoms with E-state index in [9.17, 15) is 18.0 Å². The normalized spacial score (nSPS) is 12.0. The van der Waals surface area contributed by atoms with Crippen LogP contribution in [-0.4, -0.2) is 44.3 Å². The minimum atomic E-state index is -4.15. The smallest absolute Gasteiger partial charge is 0.264 e. The van der Waals surface area contributed by atoms with Gasteiger partial charge >= 0.3 is 0 Å². The number of benzene rings is 3. The Morgan fingerprint density at radius 2 is 1.55 bits per heavy atom. The molecular weight excluding hydrogens is 545 g/mol. The third-order valence-electron chi connectivity index (χ3n) is 6.05. The van der Waals surface area contributed by atoms with Crippen LogP contribution >= 0.6 is 23.2 Å². The second-order valence-corrected chi connectivity index (χ2v) is 11.5. The summed E-state index contributed by atoms with van der Waals surface area (Å²) in [5.74, 6) is -0.842. The summed E-state index contributed by atoms with van der Waals surface area (Å²) in [4.78, 5) is 28.4. The average Bonchev–Trinajstić information content (AvgIpc) is 2.90. The number of carbonyl (C=O) groups excluding carboxylic acids is 2. The molecule has 38 heavy (non-hydrogen) atoms. The number of hydrogen-bond acceptors (Lipinski definition) is 4. The molecule has 0 aliphatic rings. The molecule has 2 amide bonds. The lowest BCUT2D eigenvalue weighted by Gasteiger charge is -2.33. The molecular formula is C28H31Cl2N3O4S. The van der Waals surface area contributed by atoms with Gasteiger partial charge in [0.15, 0.2) is 0 Å². The SMILES string of the molecule is CCNC(=O)[C@@H](CC)N(Cc1ccc(Cl)cc1)C(=O)CN(c1cc(Cl)ccc1C)S(=O)(=O)c1ccccc1. The summed E-state index contributed by atoms with van der Waals surface area (Å²) >= 11 is 12.3. The van der Waals surface area contributed by atoms with Gasteiger partial charge in [0.1, 0.15) is 12.6 Å². The molecule has 1 N–H and O–H groups in total. The van der Waals surface area contributed by atoms with Crippen LogP contribution in [0.1, 0.15) is 31.4 Å². The highest BCUT2D eigenvalue weighted by Gasteiger charge is 2.34. The second kappa shape index (κ2) is 13.1. The van der Waals surface area contributed by atoms with Gasteiger partial charge in [-0.15, -0.1) is 0 Å². The van der Waals surface area contributed by atoms with E-state index in [1.807, 2.05) is 6.92 Å². The number of halogens is 2. The Kier molecular flexibility index (Phi) is 10.2. The number of amides is 2. The average molecular weight is 577 g/mol. The van der Waals surface area contributed by atoms with Crippen molar-refractivity contribution in [2.24, 2.45) is 0 Å². The Morgan fingerprint density at radius 3 is 2.16 bits per heavy atom. The van der Waals surface area contributed by atoms with Crippen molar-refractivity contribution >= 4 is 50.7 Å². The second-order valence-electron chi connectivity index (χ2n) is 8.72. The van der Waals surface area contributed by atoms with Crippen LogP contribution in [0.25, 0.3) is 0 Å². The molecule has 0 unspecified atom stereocenters. The van der Waals surface area contributed by atoms with Gasteiger partial charge in [-0.05, 0) is 67.8 Å². The van der Waals surface area contributed by atoms with E-state index in [2.05, 4.69) is 5.32 Å². The van der Waals surface area contributed by atoms with E-state index in [4.69, 9.17) is 23.2 Å². The van der Waals surface area contributed by atoms with Crippen molar-refractivity contribution in [2.45, 2.75) is 44.7 Å². The van der Waals surface area contributed by atoms with Crippen molar-refractivity contribution in [3.63, 3.8) is 0 Å². The highest BCUT2D eigenvalue weighted by atomic mass is 35.5. The van der Waals surface area contributed by atoms with Gasteiger partial charge in [-0.1, -0.05) is 66.5 Å². The third-order valence-corrected chi connectivity index (χ3v) is 8.31. The Morgan fingerprint density at radius 1 is 0.921 bits per heavy atom. The van der Waals surface area contributed by atoms with E-state index >= 15 is 0 Å². The Hall–Kier alpha value is -3.07. The van der Waals surface area contributed by atoms with E-state index in [-0.39, 0.29) is 23.0 Å². The highest BCUT2D eigenvalue weighted by Crippen LogP contribution is 2.30. The maximum Gasteiger partial charge on any atom is 0.264 e. The van der Waals surface area contributed by atoms with Crippen LogP contribution in [0.4, 0.5) is 5.69 Å². The maximum atomic E-state index is 14.0. The topological polar surface area (TPSA) is 86.8 Å². The molecule has 7 nitrogen and oxygen atoms in total. The summed E-state index contributed by atoms with van der Waals surface area (Å²) in [6.07, 6.45) is 0.340. The fraction of sp³-hybridized carbons (Fsp3) is 0.286. The lowest BCUT2D eigenvalue weighted by atomic mass is 10.1. The molecule has 3 rings (SSSR count). The van der Waals surface area contributed by atoms with E-state index in [1.165, 1.54) is 23.1 Å². The lowest BCUT2D eigenvalue weighted by Crippen LogP contribution is -2.52. The molecule has 0 saturated carbocycles. The van der Waals surface area contributed by atoms with Crippen molar-refractivity contribution in [2.75, 3.05) is 17.4 Å². The first-order chi connectivity index (χ1) is 18.1. The molecule has 0 radical (unpaired) electrons. The minimum absolute atomic E-state index is 0.0344. The molecule has 0 spiro atoms. The molecule has 10 heteroatoms. The molecule has 3 aromatic rings. The molecule has 0 aromatic heterocycles. The van der Waals surface area contributed by atoms with Crippen molar-refractivity contribution in [3.05, 3.63) is 94.0 Å². The zero-order chi connectivity index (χ0) is 27.9. The minimum Gasteiger partial charge on any atom is -0.355 e. The molecule has 0 fully saturated rings. The van der Waals surface area contributed by atoms with Crippen LogP contribution in [0.2, 0.25) is 10.0 Å². The Bertz CT molecular complexity index is 1370. The molecule has 0 bridgehead atoms. The van der Waals surface area contributed by atoms with Crippen molar-refractivity contribution in [3.8, 4) is 0 Å². The van der Waals surface area contributed by atoms with Crippen LogP contribution in [-0.2, 0) is 26.2 Å². The van der Waals surface area contributed by atoms with Gasteiger partial charge in [-0.2, -0.15) is 0 Å². The fourth-order valence-corrected chi connectivity index (χ4v) is 5.87. The number of carbonyl (C=O) groups is 2. The molecule has 1 atom stereocenters. The quantitative estimate of drug-likeness (QED) is 0.330. The summed E-state index contributed by atoms with van der Waals surface area (Å²) in [5, 5.41) is 3.65. The summed E-state index contributed by atoms with van der Waals surface area (Å²) in [7, 11) is -4.15. The maximum absolute atomic E-state index is 14.0. The summed E-state index contributed by atoms with van der Waals surface area (Å²) in [5.41, 5.74) is 1.66. The van der Waals surface area contributed by atoms with Gasteiger partial charge in [0.2, 0.25) is 11.8 Å².